The van der Waals surface area contributed by atoms with E-state index in [1.165, 1.54) is 4.90 Å². The molecule has 1 N–H and O–H groups in total. The maximum absolute atomic E-state index is 12.6. The second kappa shape index (κ2) is 10.6. The van der Waals surface area contributed by atoms with Crippen LogP contribution in [0, 0.1) is 20.2 Å². The maximum Gasteiger partial charge on any atom is 0.299 e. The van der Waals surface area contributed by atoms with Gasteiger partial charge in [0.15, 0.2) is 0 Å². The van der Waals surface area contributed by atoms with Gasteiger partial charge in [0.1, 0.15) is 11.3 Å². The van der Waals surface area contributed by atoms with Gasteiger partial charge in [0.2, 0.25) is 0 Å². The van der Waals surface area contributed by atoms with Crippen LogP contribution in [0.1, 0.15) is 10.4 Å². The zero-order chi connectivity index (χ0) is 21.4. The number of nitrogens with zero attached hydrogens (tertiary/aromatic N) is 5. The third-order valence-corrected chi connectivity index (χ3v) is 4.33. The molecule has 2 rings (SSSR count). The van der Waals surface area contributed by atoms with Crippen LogP contribution in [0.25, 0.3) is 0 Å². The molecule has 0 aliphatic heterocycles. The number of imidazole rings is 1. The Bertz CT molecular complexity index is 871. The molecule has 0 spiro atoms. The molecule has 1 amide bonds. The van der Waals surface area contributed by atoms with Crippen LogP contribution in [-0.4, -0.2) is 56.7 Å². The molecule has 0 radical (unpaired) electrons. The highest BCUT2D eigenvalue weighted by molar-refractivity contribution is 6.18. The molecule has 0 saturated heterocycles. The summed E-state index contributed by atoms with van der Waals surface area (Å²) >= 11 is 11.5. The van der Waals surface area contributed by atoms with E-state index in [1.54, 1.807) is 23.3 Å². The van der Waals surface area contributed by atoms with Crippen LogP contribution in [0.5, 0.6) is 0 Å². The van der Waals surface area contributed by atoms with Crippen molar-refractivity contribution in [2.24, 2.45) is 0 Å². The number of halogens is 2. The van der Waals surface area contributed by atoms with Crippen molar-refractivity contribution in [2.45, 2.75) is 6.54 Å². The first-order valence-corrected chi connectivity index (χ1v) is 9.53. The minimum absolute atomic E-state index is 0.0432. The van der Waals surface area contributed by atoms with Crippen molar-refractivity contribution >= 4 is 46.2 Å². The van der Waals surface area contributed by atoms with Gasteiger partial charge in [-0.05, 0) is 6.07 Å². The SMILES string of the molecule is O=C(NCCn1ccnc1)c1cc(N(CCCl)CCCl)c([N+](=O)[O-])cc1[N+](=O)[O-]. The number of nitro benzene ring substituents is 2. The molecule has 29 heavy (non-hydrogen) atoms. The number of rotatable bonds is 11. The van der Waals surface area contributed by atoms with Gasteiger partial charge < -0.3 is 14.8 Å². The van der Waals surface area contributed by atoms with Crippen molar-refractivity contribution in [2.75, 3.05) is 36.3 Å². The normalized spacial score (nSPS) is 10.6. The van der Waals surface area contributed by atoms with E-state index >= 15 is 0 Å². The Morgan fingerprint density at radius 1 is 1.14 bits per heavy atom. The Morgan fingerprint density at radius 2 is 1.79 bits per heavy atom. The lowest BCUT2D eigenvalue weighted by atomic mass is 10.1. The predicted octanol–water partition coefficient (Wildman–Crippen LogP) is 2.41. The molecule has 0 aliphatic carbocycles. The Balaban J connectivity index is 2.39. The van der Waals surface area contributed by atoms with Gasteiger partial charge in [-0.25, -0.2) is 4.98 Å². The Labute approximate surface area is 175 Å². The lowest BCUT2D eigenvalue weighted by Gasteiger charge is -2.23. The van der Waals surface area contributed by atoms with Gasteiger partial charge in [0, 0.05) is 50.3 Å². The van der Waals surface area contributed by atoms with E-state index in [9.17, 15) is 25.0 Å². The Morgan fingerprint density at radius 3 is 2.31 bits per heavy atom. The summed E-state index contributed by atoms with van der Waals surface area (Å²) in [5, 5.41) is 25.5. The summed E-state index contributed by atoms with van der Waals surface area (Å²) in [6, 6.07) is 1.93. The first-order chi connectivity index (χ1) is 13.9. The van der Waals surface area contributed by atoms with E-state index in [2.05, 4.69) is 10.3 Å². The molecular formula is C16H18Cl2N6O5. The monoisotopic (exact) mass is 444 g/mol. The van der Waals surface area contributed by atoms with Crippen LogP contribution in [-0.2, 0) is 6.54 Å². The summed E-state index contributed by atoms with van der Waals surface area (Å²) in [5.41, 5.74) is -1.39. The lowest BCUT2D eigenvalue weighted by molar-refractivity contribution is -0.393. The molecule has 1 aromatic carbocycles. The van der Waals surface area contributed by atoms with Crippen molar-refractivity contribution in [3.63, 3.8) is 0 Å². The highest BCUT2D eigenvalue weighted by atomic mass is 35.5. The molecule has 0 aliphatic rings. The molecule has 13 heteroatoms. The van der Waals surface area contributed by atoms with E-state index in [1.807, 2.05) is 0 Å². The van der Waals surface area contributed by atoms with Crippen LogP contribution in [0.3, 0.4) is 0 Å². The van der Waals surface area contributed by atoms with Gasteiger partial charge in [-0.3, -0.25) is 25.0 Å². The van der Waals surface area contributed by atoms with Crippen molar-refractivity contribution in [1.82, 2.24) is 14.9 Å². The van der Waals surface area contributed by atoms with E-state index in [0.29, 0.717) is 6.54 Å². The fourth-order valence-corrected chi connectivity index (χ4v) is 3.08. The molecule has 1 aromatic heterocycles. The minimum atomic E-state index is -0.824. The summed E-state index contributed by atoms with van der Waals surface area (Å²) in [6.45, 7) is 1.03. The number of nitrogens with one attached hydrogen (secondary N) is 1. The number of hydrogen-bond donors (Lipinski definition) is 1. The maximum atomic E-state index is 12.6. The summed E-state index contributed by atoms with van der Waals surface area (Å²) in [4.78, 5) is 39.3. The fourth-order valence-electron chi connectivity index (χ4n) is 2.67. The van der Waals surface area contributed by atoms with Gasteiger partial charge in [0.05, 0.1) is 22.2 Å². The molecule has 0 atom stereocenters. The van der Waals surface area contributed by atoms with Crippen LogP contribution < -0.4 is 10.2 Å². The molecule has 0 bridgehead atoms. The highest BCUT2D eigenvalue weighted by Gasteiger charge is 2.30. The molecule has 0 fully saturated rings. The van der Waals surface area contributed by atoms with E-state index in [0.717, 1.165) is 12.1 Å². The number of anilines is 1. The summed E-state index contributed by atoms with van der Waals surface area (Å²) in [7, 11) is 0. The zero-order valence-corrected chi connectivity index (χ0v) is 16.7. The average molecular weight is 445 g/mol. The van der Waals surface area contributed by atoms with Crippen LogP contribution >= 0.6 is 23.2 Å². The number of hydrogen-bond acceptors (Lipinski definition) is 7. The predicted molar refractivity (Wildman–Crippen MR) is 108 cm³/mol. The van der Waals surface area contributed by atoms with Crippen LogP contribution in [0.15, 0.2) is 30.9 Å². The molecule has 0 saturated carbocycles. The standard InChI is InChI=1S/C16H18Cl2N6O5/c17-1-5-22(6-2-18)14-9-12(13(23(26)27)10-15(14)24(28)29)16(25)20-4-8-21-7-3-19-11-21/h3,7,9-11H,1-2,4-6,8H2,(H,20,25). The van der Waals surface area contributed by atoms with Crippen molar-refractivity contribution in [3.05, 3.63) is 56.6 Å². The molecular weight excluding hydrogens is 427 g/mol. The van der Waals surface area contributed by atoms with E-state index in [-0.39, 0.29) is 42.6 Å². The van der Waals surface area contributed by atoms with Crippen LogP contribution in [0.2, 0.25) is 0 Å². The van der Waals surface area contributed by atoms with Gasteiger partial charge in [-0.15, -0.1) is 23.2 Å². The number of amides is 1. The van der Waals surface area contributed by atoms with Gasteiger partial charge in [-0.1, -0.05) is 0 Å². The number of carbonyl (C=O) groups excluding carboxylic acids is 1. The number of carbonyl (C=O) groups is 1. The topological polar surface area (TPSA) is 136 Å². The summed E-state index contributed by atoms with van der Waals surface area (Å²) in [6.07, 6.45) is 4.85. The minimum Gasteiger partial charge on any atom is -0.364 e. The summed E-state index contributed by atoms with van der Waals surface area (Å²) < 4.78 is 1.72. The Kier molecular flexibility index (Phi) is 8.16. The lowest BCUT2D eigenvalue weighted by Crippen LogP contribution is -2.30. The quantitative estimate of drug-likeness (QED) is 0.319. The molecule has 2 aromatic rings. The highest BCUT2D eigenvalue weighted by Crippen LogP contribution is 2.35. The van der Waals surface area contributed by atoms with Gasteiger partial charge >= 0.3 is 0 Å². The van der Waals surface area contributed by atoms with Gasteiger partial charge in [0.25, 0.3) is 17.3 Å². The first kappa shape index (κ1) is 22.4. The summed E-state index contributed by atoms with van der Waals surface area (Å²) in [5.74, 6) is -0.417. The number of benzene rings is 1. The smallest absolute Gasteiger partial charge is 0.299 e. The second-order valence-corrected chi connectivity index (χ2v) is 6.55. The molecule has 11 nitrogen and oxygen atoms in total. The third kappa shape index (κ3) is 5.78. The van der Waals surface area contributed by atoms with Crippen molar-refractivity contribution in [3.8, 4) is 0 Å². The second-order valence-electron chi connectivity index (χ2n) is 5.79. The van der Waals surface area contributed by atoms with Crippen molar-refractivity contribution < 1.29 is 14.6 Å². The third-order valence-electron chi connectivity index (χ3n) is 4.00. The molecule has 0 unspecified atom stereocenters. The van der Waals surface area contributed by atoms with E-state index in [4.69, 9.17) is 23.2 Å². The number of nitro groups is 2. The first-order valence-electron chi connectivity index (χ1n) is 8.46. The van der Waals surface area contributed by atoms with Crippen LogP contribution in [0.4, 0.5) is 17.1 Å². The number of aromatic nitrogens is 2. The average Bonchev–Trinajstić information content (AvgIpc) is 3.20. The van der Waals surface area contributed by atoms with E-state index < -0.39 is 27.1 Å². The largest absolute Gasteiger partial charge is 0.364 e. The molecule has 156 valence electrons. The zero-order valence-electron chi connectivity index (χ0n) is 15.2. The fraction of sp³-hybridized carbons (Fsp3) is 0.375. The van der Waals surface area contributed by atoms with Gasteiger partial charge in [-0.2, -0.15) is 0 Å². The number of alkyl halides is 2. The Hall–Kier alpha value is -2.92. The molecule has 1 heterocycles. The van der Waals surface area contributed by atoms with Crippen molar-refractivity contribution in [1.29, 1.82) is 0 Å².